The molecule has 2 heterocycles. The summed E-state index contributed by atoms with van der Waals surface area (Å²) >= 11 is 0. The number of rotatable bonds is 2. The molecule has 2 aliphatic heterocycles. The van der Waals surface area contributed by atoms with Gasteiger partial charge in [-0.25, -0.2) is 0 Å². The molecule has 0 saturated carbocycles. The molecule has 0 unspecified atom stereocenters. The van der Waals surface area contributed by atoms with E-state index in [0.717, 1.165) is 0 Å². The van der Waals surface area contributed by atoms with E-state index in [4.69, 9.17) is 4.12 Å². The van der Waals surface area contributed by atoms with E-state index in [1.807, 2.05) is 0 Å². The van der Waals surface area contributed by atoms with Gasteiger partial charge in [-0.1, -0.05) is 0 Å². The lowest BCUT2D eigenvalue weighted by Gasteiger charge is -2.40. The lowest BCUT2D eigenvalue weighted by atomic mass is 10.5. The first-order valence-corrected chi connectivity index (χ1v) is 16.7. The average Bonchev–Trinajstić information content (AvgIpc) is 2.31. The predicted molar refractivity (Wildman–Crippen MR) is 98.1 cm³/mol. The highest BCUT2D eigenvalue weighted by atomic mass is 31.1. The topological polar surface area (TPSA) is 9.23 Å². The third-order valence-electron chi connectivity index (χ3n) is 4.73. The third-order valence-corrected chi connectivity index (χ3v) is 17.1. The maximum absolute atomic E-state index is 7.06. The highest BCUT2D eigenvalue weighted by Gasteiger charge is 2.39. The average molecular weight is 335 g/mol. The van der Waals surface area contributed by atoms with Crippen molar-refractivity contribution < 1.29 is 4.12 Å². The summed E-state index contributed by atoms with van der Waals surface area (Å²) in [5.41, 5.74) is 0. The summed E-state index contributed by atoms with van der Waals surface area (Å²) in [7, 11) is -0.212. The van der Waals surface area contributed by atoms with E-state index in [-0.39, 0.29) is 0 Å². The highest BCUT2D eigenvalue weighted by Crippen LogP contribution is 2.36. The zero-order valence-electron chi connectivity index (χ0n) is 12.9. The molecule has 0 spiro atoms. The van der Waals surface area contributed by atoms with Gasteiger partial charge in [0, 0.05) is 0 Å². The van der Waals surface area contributed by atoms with Crippen molar-refractivity contribution in [2.45, 2.75) is 63.0 Å². The molecule has 2 saturated heterocycles. The normalized spacial score (nSPS) is 41.4. The lowest BCUT2D eigenvalue weighted by Crippen LogP contribution is -2.48. The lowest BCUT2D eigenvalue weighted by molar-refractivity contribution is 0.509. The molecule has 2 fully saturated rings. The molecule has 0 atom stereocenters. The summed E-state index contributed by atoms with van der Waals surface area (Å²) in [5.74, 6) is 0. The summed E-state index contributed by atoms with van der Waals surface area (Å²) in [6.45, 7) is 5.14. The van der Waals surface area contributed by atoms with Crippen LogP contribution in [0.15, 0.2) is 0 Å². The Morgan fingerprint density at radius 2 is 0.947 bits per heavy atom. The van der Waals surface area contributed by atoms with Gasteiger partial charge in [0.1, 0.15) is 0 Å². The Hall–Kier alpha value is 1.25. The molecule has 0 aromatic carbocycles. The third kappa shape index (κ3) is 5.87. The fraction of sp³-hybridized carbons (Fsp3) is 1.00. The molecule has 0 aromatic heterocycles. The van der Waals surface area contributed by atoms with E-state index < -0.39 is 16.6 Å². The van der Waals surface area contributed by atoms with Gasteiger partial charge in [0.25, 0.3) is 0 Å². The maximum atomic E-state index is 7.06. The summed E-state index contributed by atoms with van der Waals surface area (Å²) in [4.78, 5) is 0. The molecule has 0 aromatic rings. The quantitative estimate of drug-likeness (QED) is 0.504. The van der Waals surface area contributed by atoms with Crippen LogP contribution in [0.4, 0.5) is 0 Å². The van der Waals surface area contributed by atoms with Crippen molar-refractivity contribution in [3.8, 4) is 0 Å². The Morgan fingerprint density at radius 1 is 0.632 bits per heavy atom. The second-order valence-electron chi connectivity index (χ2n) is 6.92. The van der Waals surface area contributed by atoms with Crippen molar-refractivity contribution in [2.24, 2.45) is 0 Å². The molecule has 1 nitrogen and oxygen atoms in total. The second kappa shape index (κ2) is 8.04. The van der Waals surface area contributed by atoms with Crippen molar-refractivity contribution in [1.82, 2.24) is 0 Å². The standard InChI is InChI=1S/C14H32OP2Si2/c1-18(11-3-7-16-8-4-12-18)15-19(2)13-5-9-17-10-6-14-19/h16-17H,3-14H2,1-2H3. The van der Waals surface area contributed by atoms with E-state index in [9.17, 15) is 0 Å². The largest absolute Gasteiger partial charge is 0.455 e. The SMILES string of the molecule is C[Si]1(O[Si]2(C)CCCPCCC2)CCCPCCC1. The molecule has 2 aliphatic rings. The predicted octanol–water partition coefficient (Wildman–Crippen LogP) is 5.10. The molecular weight excluding hydrogens is 302 g/mol. The minimum atomic E-state index is -1.35. The van der Waals surface area contributed by atoms with E-state index in [0.29, 0.717) is 0 Å². The summed E-state index contributed by atoms with van der Waals surface area (Å²) in [5, 5.41) is 0. The van der Waals surface area contributed by atoms with Crippen LogP contribution in [0, 0.1) is 0 Å². The molecule has 0 amide bonds. The van der Waals surface area contributed by atoms with Crippen LogP contribution in [-0.2, 0) is 4.12 Å². The first-order valence-electron chi connectivity index (χ1n) is 8.24. The zero-order chi connectivity index (χ0) is 13.6. The highest BCUT2D eigenvalue weighted by molar-refractivity contribution is 7.38. The smallest absolute Gasteiger partial charge is 0.176 e. The van der Waals surface area contributed by atoms with Crippen LogP contribution in [-0.4, -0.2) is 41.3 Å². The van der Waals surface area contributed by atoms with Gasteiger partial charge in [-0.3, -0.25) is 0 Å². The Kier molecular flexibility index (Phi) is 7.03. The summed E-state index contributed by atoms with van der Waals surface area (Å²) < 4.78 is 7.06. The van der Waals surface area contributed by atoms with Gasteiger partial charge in [-0.15, -0.1) is 17.2 Å². The van der Waals surface area contributed by atoms with Crippen LogP contribution >= 0.6 is 17.2 Å². The van der Waals surface area contributed by atoms with E-state index in [1.54, 1.807) is 0 Å². The first-order chi connectivity index (χ1) is 9.12. The Balaban J connectivity index is 1.94. The molecule has 0 radical (unpaired) electrons. The molecule has 0 N–H and O–H groups in total. The van der Waals surface area contributed by atoms with Gasteiger partial charge in [0.05, 0.1) is 0 Å². The minimum absolute atomic E-state index is 1.24. The number of hydrogen-bond acceptors (Lipinski definition) is 1. The summed E-state index contributed by atoms with van der Waals surface area (Å²) in [6.07, 6.45) is 11.8. The van der Waals surface area contributed by atoms with Gasteiger partial charge in [0.15, 0.2) is 16.6 Å². The van der Waals surface area contributed by atoms with Crippen LogP contribution in [0.5, 0.6) is 0 Å². The van der Waals surface area contributed by atoms with Gasteiger partial charge < -0.3 is 4.12 Å². The van der Waals surface area contributed by atoms with Gasteiger partial charge in [0.2, 0.25) is 0 Å². The molecule has 0 bridgehead atoms. The zero-order valence-corrected chi connectivity index (χ0v) is 16.9. The van der Waals surface area contributed by atoms with Crippen molar-refractivity contribution in [1.29, 1.82) is 0 Å². The number of hydrogen-bond donors (Lipinski definition) is 0. The van der Waals surface area contributed by atoms with Crippen molar-refractivity contribution in [3.63, 3.8) is 0 Å². The Morgan fingerprint density at radius 3 is 1.26 bits per heavy atom. The molecule has 19 heavy (non-hydrogen) atoms. The molecule has 2 rings (SSSR count). The van der Waals surface area contributed by atoms with Crippen molar-refractivity contribution in [3.05, 3.63) is 0 Å². The molecule has 5 heteroatoms. The van der Waals surface area contributed by atoms with E-state index in [2.05, 4.69) is 13.1 Å². The molecular formula is C14H32OP2Si2. The van der Waals surface area contributed by atoms with Crippen molar-refractivity contribution in [2.75, 3.05) is 24.6 Å². The maximum Gasteiger partial charge on any atom is 0.176 e. The van der Waals surface area contributed by atoms with Crippen LogP contribution in [0.25, 0.3) is 0 Å². The van der Waals surface area contributed by atoms with Gasteiger partial charge in [-0.2, -0.15) is 0 Å². The first kappa shape index (κ1) is 16.6. The van der Waals surface area contributed by atoms with Crippen LogP contribution in [0.3, 0.4) is 0 Å². The van der Waals surface area contributed by atoms with Crippen LogP contribution in [0.1, 0.15) is 25.7 Å². The summed E-state index contributed by atoms with van der Waals surface area (Å²) in [6, 6.07) is 5.85. The Labute approximate surface area is 125 Å². The molecule has 0 aliphatic carbocycles. The second-order valence-corrected chi connectivity index (χ2v) is 18.5. The fourth-order valence-corrected chi connectivity index (χ4v) is 17.9. The van der Waals surface area contributed by atoms with Crippen LogP contribution < -0.4 is 0 Å². The van der Waals surface area contributed by atoms with Gasteiger partial charge in [-0.05, 0) is 87.6 Å². The van der Waals surface area contributed by atoms with Crippen LogP contribution in [0.2, 0.25) is 37.3 Å². The van der Waals surface area contributed by atoms with E-state index in [1.165, 1.54) is 91.7 Å². The van der Waals surface area contributed by atoms with Gasteiger partial charge >= 0.3 is 0 Å². The minimum Gasteiger partial charge on any atom is -0.455 e. The fourth-order valence-electron chi connectivity index (χ4n) is 3.65. The van der Waals surface area contributed by atoms with E-state index >= 15 is 0 Å². The Bertz CT molecular complexity index is 234. The molecule has 112 valence electrons. The monoisotopic (exact) mass is 334 g/mol. The van der Waals surface area contributed by atoms with Crippen molar-refractivity contribution >= 4 is 33.8 Å².